The van der Waals surface area contributed by atoms with Crippen LogP contribution in [0.4, 0.5) is 13.2 Å². The van der Waals surface area contributed by atoms with Gasteiger partial charge in [0.2, 0.25) is 5.75 Å². The van der Waals surface area contributed by atoms with E-state index in [9.17, 15) is 21.6 Å². The van der Waals surface area contributed by atoms with Gasteiger partial charge in [0.05, 0.1) is 0 Å². The number of rotatable bonds is 4. The molecule has 1 aliphatic rings. The summed E-state index contributed by atoms with van der Waals surface area (Å²) in [5, 5.41) is 2.23. The largest absolute Gasteiger partial charge is 0.523 e. The zero-order valence-corrected chi connectivity index (χ0v) is 16.2. The predicted molar refractivity (Wildman–Crippen MR) is 102 cm³/mol. The van der Waals surface area contributed by atoms with E-state index >= 15 is 0 Å². The van der Waals surface area contributed by atoms with Crippen molar-refractivity contribution in [2.75, 3.05) is 11.5 Å². The van der Waals surface area contributed by atoms with Gasteiger partial charge in [-0.2, -0.15) is 21.6 Å². The van der Waals surface area contributed by atoms with Crippen molar-refractivity contribution in [3.05, 3.63) is 47.5 Å². The highest BCUT2D eigenvalue weighted by Crippen LogP contribution is 2.29. The monoisotopic (exact) mass is 421 g/mol. The normalized spacial score (nSPS) is 18.8. The SMILES string of the molecule is CCc1ccc2cc(C3=[S+]CC(OS(=O)(=O)C(F)(F)F)CS3)ccc2c1. The van der Waals surface area contributed by atoms with Crippen molar-refractivity contribution in [2.45, 2.75) is 25.0 Å². The minimum absolute atomic E-state index is 0.157. The molecule has 0 fully saturated rings. The van der Waals surface area contributed by atoms with Crippen molar-refractivity contribution in [3.63, 3.8) is 0 Å². The maximum Gasteiger partial charge on any atom is 0.523 e. The number of aryl methyl sites for hydroxylation is 1. The number of halogens is 3. The van der Waals surface area contributed by atoms with Gasteiger partial charge in [-0.1, -0.05) is 43.0 Å². The molecule has 140 valence electrons. The maximum absolute atomic E-state index is 12.4. The summed E-state index contributed by atoms with van der Waals surface area (Å²) in [7, 11) is -5.55. The first-order valence-electron chi connectivity index (χ1n) is 7.85. The van der Waals surface area contributed by atoms with Gasteiger partial charge in [0, 0.05) is 11.3 Å². The van der Waals surface area contributed by atoms with E-state index in [2.05, 4.69) is 29.3 Å². The van der Waals surface area contributed by atoms with Gasteiger partial charge in [-0.05, 0) is 34.9 Å². The highest BCUT2D eigenvalue weighted by atomic mass is 32.2. The van der Waals surface area contributed by atoms with E-state index in [1.54, 1.807) is 0 Å². The van der Waals surface area contributed by atoms with Crippen molar-refractivity contribution >= 4 is 48.2 Å². The molecule has 0 aromatic heterocycles. The second kappa shape index (κ2) is 7.46. The summed E-state index contributed by atoms with van der Waals surface area (Å²) in [6.45, 7) is 2.10. The van der Waals surface area contributed by atoms with Crippen LogP contribution in [-0.4, -0.2) is 35.7 Å². The average Bonchev–Trinajstić information content (AvgIpc) is 2.60. The van der Waals surface area contributed by atoms with E-state index in [1.807, 2.05) is 18.2 Å². The van der Waals surface area contributed by atoms with E-state index in [4.69, 9.17) is 0 Å². The number of hydrogen-bond donors (Lipinski definition) is 0. The number of fused-ring (bicyclic) bond motifs is 1. The van der Waals surface area contributed by atoms with Gasteiger partial charge in [0.15, 0.2) is 11.4 Å². The van der Waals surface area contributed by atoms with Crippen LogP contribution in [0.5, 0.6) is 0 Å². The Morgan fingerprint density at radius 2 is 1.88 bits per heavy atom. The van der Waals surface area contributed by atoms with Gasteiger partial charge >= 0.3 is 15.6 Å². The van der Waals surface area contributed by atoms with E-state index < -0.39 is 21.7 Å². The molecular weight excluding hydrogens is 405 g/mol. The molecule has 2 aromatic carbocycles. The van der Waals surface area contributed by atoms with Crippen molar-refractivity contribution < 1.29 is 25.8 Å². The van der Waals surface area contributed by atoms with E-state index in [0.29, 0.717) is 0 Å². The molecule has 1 atom stereocenters. The lowest BCUT2D eigenvalue weighted by Crippen LogP contribution is -2.34. The molecule has 26 heavy (non-hydrogen) atoms. The van der Waals surface area contributed by atoms with Crippen LogP contribution in [0.25, 0.3) is 10.8 Å². The van der Waals surface area contributed by atoms with Crippen LogP contribution in [0, 0.1) is 0 Å². The van der Waals surface area contributed by atoms with Crippen molar-refractivity contribution in [1.29, 1.82) is 0 Å². The van der Waals surface area contributed by atoms with Crippen LogP contribution in [0.15, 0.2) is 36.4 Å². The fourth-order valence-corrected chi connectivity index (χ4v) is 5.83. The molecule has 0 aliphatic carbocycles. The lowest BCUT2D eigenvalue weighted by atomic mass is 10.0. The maximum atomic E-state index is 12.4. The van der Waals surface area contributed by atoms with Crippen LogP contribution < -0.4 is 0 Å². The second-order valence-corrected chi connectivity index (χ2v) is 9.66. The minimum atomic E-state index is -5.55. The van der Waals surface area contributed by atoms with Gasteiger partial charge in [-0.25, -0.2) is 0 Å². The molecule has 0 bridgehead atoms. The molecule has 0 saturated heterocycles. The molecule has 0 N–H and O–H groups in total. The second-order valence-electron chi connectivity index (χ2n) is 5.78. The Bertz CT molecular complexity index is 953. The Labute approximate surface area is 158 Å². The van der Waals surface area contributed by atoms with Gasteiger partial charge in [-0.3, -0.25) is 4.18 Å². The zero-order valence-electron chi connectivity index (χ0n) is 13.7. The van der Waals surface area contributed by atoms with Crippen LogP contribution >= 0.6 is 11.8 Å². The molecule has 1 aliphatic heterocycles. The third-order valence-corrected chi connectivity index (χ3v) is 7.77. The quantitative estimate of drug-likeness (QED) is 0.325. The Balaban J connectivity index is 1.76. The number of alkyl halides is 3. The van der Waals surface area contributed by atoms with Crippen LogP contribution in [0.2, 0.25) is 0 Å². The first-order chi connectivity index (χ1) is 12.2. The first kappa shape index (κ1) is 19.6. The lowest BCUT2D eigenvalue weighted by molar-refractivity contribution is -0.0560. The first-order valence-corrected chi connectivity index (χ1v) is 11.2. The summed E-state index contributed by atoms with van der Waals surface area (Å²) < 4.78 is 64.7. The summed E-state index contributed by atoms with van der Waals surface area (Å²) in [6.07, 6.45) is -0.0313. The topological polar surface area (TPSA) is 43.4 Å². The molecule has 2 aromatic rings. The summed E-state index contributed by atoms with van der Waals surface area (Å²) in [6, 6.07) is 12.3. The third-order valence-electron chi connectivity index (χ3n) is 3.90. The van der Waals surface area contributed by atoms with Crippen molar-refractivity contribution in [2.24, 2.45) is 0 Å². The van der Waals surface area contributed by atoms with Crippen LogP contribution in [0.3, 0.4) is 0 Å². The summed E-state index contributed by atoms with van der Waals surface area (Å²) in [5.41, 5.74) is -3.15. The van der Waals surface area contributed by atoms with E-state index in [0.717, 1.165) is 27.0 Å². The number of thioether (sulfide) groups is 1. The summed E-state index contributed by atoms with van der Waals surface area (Å²) in [5.74, 6) is 0.314. The average molecular weight is 422 g/mol. The molecule has 1 heterocycles. The molecule has 3 rings (SSSR count). The van der Waals surface area contributed by atoms with Crippen LogP contribution in [0.1, 0.15) is 18.1 Å². The van der Waals surface area contributed by atoms with E-state index in [1.165, 1.54) is 28.7 Å². The predicted octanol–water partition coefficient (Wildman–Crippen LogP) is 3.94. The van der Waals surface area contributed by atoms with Gasteiger partial charge in [0.25, 0.3) is 4.20 Å². The highest BCUT2D eigenvalue weighted by molar-refractivity contribution is 8.23. The smallest absolute Gasteiger partial charge is 0.253 e. The molecule has 0 radical (unpaired) electrons. The standard InChI is InChI=1S/C17H16F3O3S3/c1-2-11-3-4-13-8-14(6-5-12(13)7-11)16-24-9-15(10-25-16)23-26(21,22)17(18,19)20/h3-8,15H,2,9-10H2,1H3/q+1. The molecule has 0 saturated carbocycles. The Kier molecular flexibility index (Phi) is 5.62. The molecule has 3 nitrogen and oxygen atoms in total. The van der Waals surface area contributed by atoms with Gasteiger partial charge in [-0.15, -0.1) is 0 Å². The minimum Gasteiger partial charge on any atom is -0.253 e. The molecule has 0 amide bonds. The molecular formula is C17H16F3O3S3+. The fourth-order valence-electron chi connectivity index (χ4n) is 2.53. The van der Waals surface area contributed by atoms with Crippen LogP contribution in [-0.2, 0) is 32.1 Å². The molecule has 0 spiro atoms. The lowest BCUT2D eigenvalue weighted by Gasteiger charge is -2.15. The molecule has 9 heteroatoms. The van der Waals surface area contributed by atoms with E-state index in [-0.39, 0.29) is 11.5 Å². The number of benzene rings is 2. The van der Waals surface area contributed by atoms with Crippen molar-refractivity contribution in [3.8, 4) is 0 Å². The Morgan fingerprint density at radius 1 is 1.19 bits per heavy atom. The number of hydrogen-bond acceptors (Lipinski definition) is 4. The fraction of sp³-hybridized carbons (Fsp3) is 0.353. The highest BCUT2D eigenvalue weighted by Gasteiger charge is 2.49. The van der Waals surface area contributed by atoms with Crippen molar-refractivity contribution in [1.82, 2.24) is 0 Å². The summed E-state index contributed by atoms with van der Waals surface area (Å²) >= 11 is 2.63. The van der Waals surface area contributed by atoms with Gasteiger partial charge in [0.1, 0.15) is 6.10 Å². The zero-order chi connectivity index (χ0) is 18.9. The Hall–Kier alpha value is -1.16. The Morgan fingerprint density at radius 3 is 2.50 bits per heavy atom. The third kappa shape index (κ3) is 4.21. The molecule has 1 unspecified atom stereocenters. The van der Waals surface area contributed by atoms with Gasteiger partial charge < -0.3 is 0 Å². The summed E-state index contributed by atoms with van der Waals surface area (Å²) in [4.78, 5) is 0.